The first-order valence-corrected chi connectivity index (χ1v) is 10.3. The van der Waals surface area contributed by atoms with E-state index in [0.717, 1.165) is 6.07 Å². The van der Waals surface area contributed by atoms with E-state index >= 15 is 0 Å². The summed E-state index contributed by atoms with van der Waals surface area (Å²) in [6.07, 6.45) is 2.57. The van der Waals surface area contributed by atoms with Gasteiger partial charge in [-0.15, -0.1) is 0 Å². The molecule has 34 heavy (non-hydrogen) atoms. The molecule has 0 radical (unpaired) electrons. The van der Waals surface area contributed by atoms with Crippen LogP contribution in [0, 0.1) is 0 Å². The zero-order valence-electron chi connectivity index (χ0n) is 17.1. The van der Waals surface area contributed by atoms with E-state index in [2.05, 4.69) is 15.0 Å². The number of pyridine rings is 1. The first-order valence-electron chi connectivity index (χ1n) is 9.53. The molecular weight excluding hydrogens is 497 g/mol. The molecule has 2 N–H and O–H groups in total. The number of carbonyl (C=O) groups excluding carboxylic acids is 2. The monoisotopic (exact) mass is 512 g/mol. The van der Waals surface area contributed by atoms with Crippen molar-refractivity contribution < 1.29 is 37.7 Å². The number of aromatic nitrogens is 1. The number of amides is 1. The Morgan fingerprint density at radius 1 is 1.03 bits per heavy atom. The van der Waals surface area contributed by atoms with Gasteiger partial charge in [-0.25, -0.2) is 4.79 Å². The molecule has 0 saturated heterocycles. The molecule has 0 aliphatic heterocycles. The summed E-state index contributed by atoms with van der Waals surface area (Å²) in [5.41, 5.74) is 0.227. The lowest BCUT2D eigenvalue weighted by molar-refractivity contribution is -0.0510. The van der Waals surface area contributed by atoms with Crippen molar-refractivity contribution in [2.45, 2.75) is 6.61 Å². The van der Waals surface area contributed by atoms with Crippen LogP contribution in [0.4, 0.5) is 14.5 Å². The van der Waals surface area contributed by atoms with Gasteiger partial charge in [0.05, 0.1) is 27.9 Å². The molecule has 0 atom stereocenters. The van der Waals surface area contributed by atoms with E-state index in [1.807, 2.05) is 0 Å². The van der Waals surface area contributed by atoms with Crippen molar-refractivity contribution >= 4 is 40.8 Å². The Hall–Kier alpha value is -3.47. The van der Waals surface area contributed by atoms with E-state index in [1.54, 1.807) is 0 Å². The molecule has 12 heteroatoms. The number of aliphatic hydroxyl groups excluding tert-OH is 1. The summed E-state index contributed by atoms with van der Waals surface area (Å²) in [7, 11) is 0. The van der Waals surface area contributed by atoms with Crippen LogP contribution >= 0.6 is 23.2 Å². The standard InChI is InChI=1S/C22H16Cl2F2N2O6/c23-15-10-27-11-16(24)19(15)28-20(30)12-4-5-17(34-22(25)26)18(9-12)33-14-3-1-2-13(8-14)21(31)32-7-6-29/h1-5,8-11,22,29H,6-7H2,(H,27,28,30). The fraction of sp³-hybridized carbons (Fsp3) is 0.136. The van der Waals surface area contributed by atoms with Gasteiger partial charge < -0.3 is 24.6 Å². The lowest BCUT2D eigenvalue weighted by Crippen LogP contribution is -2.13. The Morgan fingerprint density at radius 3 is 2.44 bits per heavy atom. The number of carbonyl (C=O) groups is 2. The first-order chi connectivity index (χ1) is 16.3. The second kappa shape index (κ2) is 11.6. The van der Waals surface area contributed by atoms with E-state index in [4.69, 9.17) is 37.8 Å². The van der Waals surface area contributed by atoms with Crippen LogP contribution < -0.4 is 14.8 Å². The zero-order valence-corrected chi connectivity index (χ0v) is 18.6. The van der Waals surface area contributed by atoms with Gasteiger partial charge in [-0.05, 0) is 36.4 Å². The van der Waals surface area contributed by atoms with E-state index < -0.39 is 18.5 Å². The fourth-order valence-electron chi connectivity index (χ4n) is 2.67. The molecule has 0 bridgehead atoms. The summed E-state index contributed by atoms with van der Waals surface area (Å²) in [6, 6.07) is 9.22. The third kappa shape index (κ3) is 6.53. The highest BCUT2D eigenvalue weighted by atomic mass is 35.5. The summed E-state index contributed by atoms with van der Waals surface area (Å²) in [6.45, 7) is -3.70. The molecule has 1 amide bonds. The van der Waals surface area contributed by atoms with Crippen LogP contribution in [0.2, 0.25) is 10.0 Å². The number of hydrogen-bond donors (Lipinski definition) is 2. The normalized spacial score (nSPS) is 10.6. The molecule has 0 aliphatic carbocycles. The Kier molecular flexibility index (Phi) is 8.58. The Balaban J connectivity index is 1.89. The van der Waals surface area contributed by atoms with Crippen LogP contribution in [-0.2, 0) is 4.74 Å². The lowest BCUT2D eigenvalue weighted by Gasteiger charge is -2.14. The molecule has 0 fully saturated rings. The number of ether oxygens (including phenoxy) is 3. The highest BCUT2D eigenvalue weighted by molar-refractivity contribution is 6.39. The van der Waals surface area contributed by atoms with Crippen LogP contribution in [0.3, 0.4) is 0 Å². The molecule has 0 aliphatic rings. The van der Waals surface area contributed by atoms with Crippen LogP contribution in [0.5, 0.6) is 17.2 Å². The zero-order chi connectivity index (χ0) is 24.7. The van der Waals surface area contributed by atoms with Crippen molar-refractivity contribution in [3.05, 3.63) is 76.0 Å². The van der Waals surface area contributed by atoms with E-state index in [0.29, 0.717) is 0 Å². The average molecular weight is 513 g/mol. The third-order valence-corrected chi connectivity index (χ3v) is 4.71. The smallest absolute Gasteiger partial charge is 0.387 e. The van der Waals surface area contributed by atoms with Gasteiger partial charge in [-0.2, -0.15) is 8.78 Å². The minimum atomic E-state index is -3.16. The number of anilines is 1. The van der Waals surface area contributed by atoms with E-state index in [1.165, 1.54) is 48.8 Å². The maximum Gasteiger partial charge on any atom is 0.387 e. The van der Waals surface area contributed by atoms with Gasteiger partial charge in [0, 0.05) is 18.0 Å². The molecule has 8 nitrogen and oxygen atoms in total. The topological polar surface area (TPSA) is 107 Å². The number of nitrogens with zero attached hydrogens (tertiary/aromatic N) is 1. The summed E-state index contributed by atoms with van der Waals surface area (Å²) >= 11 is 12.0. The maximum absolute atomic E-state index is 12.9. The van der Waals surface area contributed by atoms with Crippen LogP contribution in [-0.4, -0.2) is 41.8 Å². The second-order valence-corrected chi connectivity index (χ2v) is 7.28. The van der Waals surface area contributed by atoms with Crippen LogP contribution in [0.25, 0.3) is 0 Å². The van der Waals surface area contributed by atoms with Gasteiger partial charge in [0.15, 0.2) is 11.5 Å². The number of esters is 1. The average Bonchev–Trinajstić information content (AvgIpc) is 2.80. The summed E-state index contributed by atoms with van der Waals surface area (Å²) in [4.78, 5) is 28.5. The molecule has 1 heterocycles. The van der Waals surface area contributed by atoms with Gasteiger partial charge >= 0.3 is 12.6 Å². The fourth-order valence-corrected chi connectivity index (χ4v) is 3.13. The van der Waals surface area contributed by atoms with Crippen molar-refractivity contribution in [3.8, 4) is 17.2 Å². The number of alkyl halides is 2. The molecule has 0 unspecified atom stereocenters. The minimum absolute atomic E-state index is 0.0130. The molecule has 0 spiro atoms. The Morgan fingerprint density at radius 2 is 1.76 bits per heavy atom. The van der Waals surface area contributed by atoms with Crippen molar-refractivity contribution in [2.75, 3.05) is 18.5 Å². The van der Waals surface area contributed by atoms with Crippen LogP contribution in [0.1, 0.15) is 20.7 Å². The number of halogens is 4. The highest BCUT2D eigenvalue weighted by Crippen LogP contribution is 2.35. The van der Waals surface area contributed by atoms with Gasteiger partial charge in [0.2, 0.25) is 0 Å². The van der Waals surface area contributed by atoms with Gasteiger partial charge in [-0.3, -0.25) is 9.78 Å². The van der Waals surface area contributed by atoms with Crippen molar-refractivity contribution in [2.24, 2.45) is 0 Å². The molecule has 178 valence electrons. The number of rotatable bonds is 9. The number of hydrogen-bond acceptors (Lipinski definition) is 7. The minimum Gasteiger partial charge on any atom is -0.460 e. The summed E-state index contributed by atoms with van der Waals surface area (Å²) in [5.74, 6) is -1.87. The first kappa shape index (κ1) is 25.2. The maximum atomic E-state index is 12.9. The van der Waals surface area contributed by atoms with Crippen molar-refractivity contribution in [3.63, 3.8) is 0 Å². The number of nitrogens with one attached hydrogen (secondary N) is 1. The molecule has 1 aromatic heterocycles. The molecule has 2 aromatic carbocycles. The summed E-state index contributed by atoms with van der Waals surface area (Å²) < 4.78 is 40.7. The quantitative estimate of drug-likeness (QED) is 0.380. The predicted molar refractivity (Wildman–Crippen MR) is 119 cm³/mol. The van der Waals surface area contributed by atoms with Crippen molar-refractivity contribution in [1.29, 1.82) is 0 Å². The van der Waals surface area contributed by atoms with Gasteiger partial charge in [-0.1, -0.05) is 29.3 Å². The molecular formula is C22H16Cl2F2N2O6. The Labute approximate surface area is 202 Å². The SMILES string of the molecule is O=C(Nc1c(Cl)cncc1Cl)c1ccc(OC(F)F)c(Oc2cccc(C(=O)OCCO)c2)c1. The Bertz CT molecular complexity index is 1180. The predicted octanol–water partition coefficient (Wildman–Crippen LogP) is 5.18. The summed E-state index contributed by atoms with van der Waals surface area (Å²) in [5, 5.41) is 11.5. The number of aliphatic hydroxyl groups is 1. The highest BCUT2D eigenvalue weighted by Gasteiger charge is 2.18. The molecule has 0 saturated carbocycles. The molecule has 3 aromatic rings. The van der Waals surface area contributed by atoms with E-state index in [-0.39, 0.29) is 57.3 Å². The van der Waals surface area contributed by atoms with Gasteiger partial charge in [0.25, 0.3) is 5.91 Å². The molecule has 3 rings (SSSR count). The number of benzene rings is 2. The lowest BCUT2D eigenvalue weighted by atomic mass is 10.1. The third-order valence-electron chi connectivity index (χ3n) is 4.14. The van der Waals surface area contributed by atoms with Gasteiger partial charge in [0.1, 0.15) is 12.4 Å². The van der Waals surface area contributed by atoms with E-state index in [9.17, 15) is 18.4 Å². The van der Waals surface area contributed by atoms with Crippen molar-refractivity contribution in [1.82, 2.24) is 4.98 Å². The van der Waals surface area contributed by atoms with Crippen LogP contribution in [0.15, 0.2) is 54.9 Å². The largest absolute Gasteiger partial charge is 0.460 e. The second-order valence-electron chi connectivity index (χ2n) is 6.46.